The first-order valence-electron chi connectivity index (χ1n) is 9.44. The van der Waals surface area contributed by atoms with Crippen LogP contribution in [-0.4, -0.2) is 44.7 Å². The molecule has 2 aromatic carbocycles. The summed E-state index contributed by atoms with van der Waals surface area (Å²) in [5, 5.41) is 3.18. The Kier molecular flexibility index (Phi) is 6.22. The summed E-state index contributed by atoms with van der Waals surface area (Å²) in [6.07, 6.45) is 0.341. The highest BCUT2D eigenvalue weighted by atomic mass is 79.9. The van der Waals surface area contributed by atoms with Gasteiger partial charge in [-0.3, -0.25) is 9.89 Å². The lowest BCUT2D eigenvalue weighted by molar-refractivity contribution is 0.0255. The van der Waals surface area contributed by atoms with Crippen molar-refractivity contribution in [3.05, 3.63) is 63.9 Å². The van der Waals surface area contributed by atoms with E-state index in [9.17, 15) is 9.18 Å². The van der Waals surface area contributed by atoms with Crippen LogP contribution in [0, 0.1) is 5.82 Å². The summed E-state index contributed by atoms with van der Waals surface area (Å²) in [4.78, 5) is 18.0. The maximum absolute atomic E-state index is 14.6. The maximum Gasteiger partial charge on any atom is 0.415 e. The molecule has 0 aliphatic carbocycles. The van der Waals surface area contributed by atoms with Crippen molar-refractivity contribution in [3.63, 3.8) is 0 Å². The van der Waals surface area contributed by atoms with Gasteiger partial charge in [-0.25, -0.2) is 9.18 Å². The minimum absolute atomic E-state index is 0.295. The molecule has 8 heteroatoms. The van der Waals surface area contributed by atoms with Crippen molar-refractivity contribution in [3.8, 4) is 0 Å². The molecule has 0 radical (unpaired) electrons. The molecule has 2 saturated heterocycles. The van der Waals surface area contributed by atoms with Crippen LogP contribution in [0.25, 0.3) is 0 Å². The second kappa shape index (κ2) is 9.02. The smallest absolute Gasteiger partial charge is 0.415 e. The van der Waals surface area contributed by atoms with Gasteiger partial charge in [-0.15, -0.1) is 0 Å². The van der Waals surface area contributed by atoms with Gasteiger partial charge in [0.15, 0.2) is 6.10 Å². The Labute approximate surface area is 176 Å². The van der Waals surface area contributed by atoms with Crippen molar-refractivity contribution in [1.29, 1.82) is 0 Å². The van der Waals surface area contributed by atoms with E-state index in [4.69, 9.17) is 9.47 Å². The third-order valence-electron chi connectivity index (χ3n) is 4.86. The number of nitrogens with one attached hydrogen (secondary N) is 1. The number of ether oxygens (including phenoxy) is 2. The molecule has 0 bridgehead atoms. The topological polar surface area (TPSA) is 63.2 Å². The van der Waals surface area contributed by atoms with Gasteiger partial charge < -0.3 is 14.8 Å². The largest absolute Gasteiger partial charge is 0.438 e. The average Bonchev–Trinajstić information content (AvgIpc) is 3.10. The summed E-state index contributed by atoms with van der Waals surface area (Å²) >= 11 is 3.40. The lowest BCUT2D eigenvalue weighted by Crippen LogP contribution is -2.33. The summed E-state index contributed by atoms with van der Waals surface area (Å²) in [5.41, 5.74) is 2.01. The second-order valence-electron chi connectivity index (χ2n) is 6.92. The highest BCUT2D eigenvalue weighted by molar-refractivity contribution is 9.10. The van der Waals surface area contributed by atoms with Crippen LogP contribution in [0.1, 0.15) is 17.2 Å². The fraction of sp³-hybridized carbons (Fsp3) is 0.333. The van der Waals surface area contributed by atoms with E-state index in [1.165, 1.54) is 11.0 Å². The van der Waals surface area contributed by atoms with Gasteiger partial charge in [-0.05, 0) is 29.8 Å². The van der Waals surface area contributed by atoms with Crippen LogP contribution in [0.5, 0.6) is 0 Å². The number of anilines is 1. The van der Waals surface area contributed by atoms with Gasteiger partial charge in [0.25, 0.3) is 0 Å². The van der Waals surface area contributed by atoms with Crippen molar-refractivity contribution in [2.45, 2.75) is 18.8 Å². The lowest BCUT2D eigenvalue weighted by atomic mass is 10.1. The molecular weight excluding hydrogens is 441 g/mol. The molecular formula is C21H21BrFN3O3. The third-order valence-corrected chi connectivity index (χ3v) is 5.39. The number of amides is 1. The average molecular weight is 462 g/mol. The van der Waals surface area contributed by atoms with Crippen molar-refractivity contribution >= 4 is 33.9 Å². The molecule has 2 aromatic rings. The molecule has 2 aliphatic rings. The zero-order valence-electron chi connectivity index (χ0n) is 15.7. The van der Waals surface area contributed by atoms with Crippen molar-refractivity contribution in [2.24, 2.45) is 4.99 Å². The van der Waals surface area contributed by atoms with Gasteiger partial charge in [-0.2, -0.15) is 0 Å². The summed E-state index contributed by atoms with van der Waals surface area (Å²) in [7, 11) is 0. The van der Waals surface area contributed by atoms with Crippen LogP contribution >= 0.6 is 15.9 Å². The Bertz CT molecular complexity index is 901. The molecule has 0 saturated carbocycles. The molecule has 2 heterocycles. The molecule has 2 fully saturated rings. The Hall–Kier alpha value is -2.29. The maximum atomic E-state index is 14.6. The number of aliphatic imine (C=N–C) groups is 1. The standard InChI is InChI=1S/C21H21BrFN3O3/c22-15-3-1-14(2-4-15)10-25-11-17-13-26(21(27)29-17)16-5-6-18(19(23)9-16)20-12-24-7-8-28-20/h1-6,9,11,17,20,24H,7-8,10,12-13H2. The highest BCUT2D eigenvalue weighted by Gasteiger charge is 2.32. The Balaban J connectivity index is 1.39. The van der Waals surface area contributed by atoms with Crippen molar-refractivity contribution < 1.29 is 18.7 Å². The number of hydrogen-bond donors (Lipinski definition) is 1. The Morgan fingerprint density at radius 2 is 2.10 bits per heavy atom. The Morgan fingerprint density at radius 1 is 1.28 bits per heavy atom. The Morgan fingerprint density at radius 3 is 2.83 bits per heavy atom. The number of halogens is 2. The SMILES string of the molecule is O=C1OC(C=NCc2ccc(Br)cc2)CN1c1ccc(C2CNCCO2)c(F)c1. The molecule has 0 aromatic heterocycles. The molecule has 2 unspecified atom stereocenters. The van der Waals surface area contributed by atoms with Crippen LogP contribution in [0.4, 0.5) is 14.9 Å². The van der Waals surface area contributed by atoms with Gasteiger partial charge in [0.1, 0.15) is 5.82 Å². The normalized spacial score (nSPS) is 22.3. The van der Waals surface area contributed by atoms with Crippen LogP contribution in [0.3, 0.4) is 0 Å². The van der Waals surface area contributed by atoms with Crippen molar-refractivity contribution in [2.75, 3.05) is 31.1 Å². The van der Waals surface area contributed by atoms with E-state index in [0.29, 0.717) is 37.5 Å². The summed E-state index contributed by atoms with van der Waals surface area (Å²) < 4.78 is 26.6. The van der Waals surface area contributed by atoms with E-state index in [-0.39, 0.29) is 6.10 Å². The lowest BCUT2D eigenvalue weighted by Gasteiger charge is -2.25. The zero-order chi connectivity index (χ0) is 20.2. The number of carbonyl (C=O) groups excluding carboxylic acids is 1. The molecule has 152 valence electrons. The summed E-state index contributed by atoms with van der Waals surface area (Å²) in [6, 6.07) is 12.6. The fourth-order valence-electron chi connectivity index (χ4n) is 3.35. The minimum atomic E-state index is -0.507. The molecule has 1 N–H and O–H groups in total. The minimum Gasteiger partial charge on any atom is -0.438 e. The fourth-order valence-corrected chi connectivity index (χ4v) is 3.61. The third kappa shape index (κ3) is 4.83. The van der Waals surface area contributed by atoms with E-state index in [0.717, 1.165) is 16.6 Å². The van der Waals surface area contributed by atoms with Gasteiger partial charge in [0.2, 0.25) is 0 Å². The van der Waals surface area contributed by atoms with Gasteiger partial charge in [-0.1, -0.05) is 34.1 Å². The summed E-state index contributed by atoms with van der Waals surface area (Å²) in [6.45, 7) is 2.67. The number of benzene rings is 2. The number of carbonyl (C=O) groups is 1. The van der Waals surface area contributed by atoms with Crippen LogP contribution in [0.2, 0.25) is 0 Å². The predicted molar refractivity (Wildman–Crippen MR) is 112 cm³/mol. The molecule has 1 amide bonds. The number of morpholine rings is 1. The molecule has 2 atom stereocenters. The monoisotopic (exact) mass is 461 g/mol. The van der Waals surface area contributed by atoms with E-state index in [1.54, 1.807) is 18.3 Å². The molecule has 0 spiro atoms. The van der Waals surface area contributed by atoms with Crippen LogP contribution in [0.15, 0.2) is 51.9 Å². The molecule has 2 aliphatic heterocycles. The van der Waals surface area contributed by atoms with E-state index < -0.39 is 18.0 Å². The van der Waals surface area contributed by atoms with E-state index in [2.05, 4.69) is 26.2 Å². The van der Waals surface area contributed by atoms with E-state index >= 15 is 0 Å². The summed E-state index contributed by atoms with van der Waals surface area (Å²) in [5.74, 6) is -0.392. The predicted octanol–water partition coefficient (Wildman–Crippen LogP) is 3.85. The van der Waals surface area contributed by atoms with E-state index in [1.807, 2.05) is 24.3 Å². The molecule has 4 rings (SSSR count). The number of rotatable bonds is 5. The first-order chi connectivity index (χ1) is 14.1. The second-order valence-corrected chi connectivity index (χ2v) is 7.83. The van der Waals surface area contributed by atoms with Crippen LogP contribution < -0.4 is 10.2 Å². The molecule has 29 heavy (non-hydrogen) atoms. The van der Waals surface area contributed by atoms with Gasteiger partial charge >= 0.3 is 6.09 Å². The number of nitrogens with zero attached hydrogens (tertiary/aromatic N) is 2. The first-order valence-corrected chi connectivity index (χ1v) is 10.2. The van der Waals surface area contributed by atoms with Crippen molar-refractivity contribution in [1.82, 2.24) is 5.32 Å². The number of cyclic esters (lactones) is 1. The first kappa shape index (κ1) is 20.0. The van der Waals surface area contributed by atoms with Gasteiger partial charge in [0, 0.05) is 29.3 Å². The zero-order valence-corrected chi connectivity index (χ0v) is 17.3. The van der Waals surface area contributed by atoms with Crippen LogP contribution in [-0.2, 0) is 16.0 Å². The quantitative estimate of drug-likeness (QED) is 0.686. The van der Waals surface area contributed by atoms with Gasteiger partial charge in [0.05, 0.1) is 31.5 Å². The molecule has 6 nitrogen and oxygen atoms in total. The highest BCUT2D eigenvalue weighted by Crippen LogP contribution is 2.28. The number of hydrogen-bond acceptors (Lipinski definition) is 5.